The monoisotopic (exact) mass is 302 g/mol. The molecule has 1 saturated heterocycles. The first kappa shape index (κ1) is 15.4. The first-order chi connectivity index (χ1) is 10.7. The minimum Gasteiger partial charge on any atom is -0.384 e. The molecule has 0 N–H and O–H groups in total. The summed E-state index contributed by atoms with van der Waals surface area (Å²) in [6.45, 7) is 6.40. The van der Waals surface area contributed by atoms with E-state index in [1.807, 2.05) is 12.3 Å². The van der Waals surface area contributed by atoms with Crippen molar-refractivity contribution in [3.05, 3.63) is 24.2 Å². The van der Waals surface area contributed by atoms with Crippen molar-refractivity contribution in [3.63, 3.8) is 0 Å². The van der Waals surface area contributed by atoms with Gasteiger partial charge in [-0.2, -0.15) is 0 Å². The summed E-state index contributed by atoms with van der Waals surface area (Å²) in [4.78, 5) is 12.0. The molecule has 0 aromatic carbocycles. The van der Waals surface area contributed by atoms with E-state index in [1.165, 1.54) is 19.3 Å². The smallest absolute Gasteiger partial charge is 0.161 e. The fraction of sp³-hybridized carbons (Fsp3) is 0.647. The van der Waals surface area contributed by atoms with Gasteiger partial charge < -0.3 is 4.74 Å². The van der Waals surface area contributed by atoms with Crippen LogP contribution in [-0.4, -0.2) is 45.7 Å². The number of nitrogens with zero attached hydrogens (tertiary/aromatic N) is 4. The highest BCUT2D eigenvalue weighted by atomic mass is 16.5. The lowest BCUT2D eigenvalue weighted by Gasteiger charge is -2.40. The number of pyridine rings is 1. The average molecular weight is 302 g/mol. The van der Waals surface area contributed by atoms with Gasteiger partial charge in [0.25, 0.3) is 0 Å². The standard InChI is InChI=1S/C17H26N4O/c1-13(2)20-11-5-4-8-16(20)21-15(9-12-22-3)19-14-7-6-10-18-17(14)21/h6-7,10,13,16H,4-5,8-9,11-12H2,1-3H3. The van der Waals surface area contributed by atoms with Crippen LogP contribution in [0.5, 0.6) is 0 Å². The Hall–Kier alpha value is -1.46. The van der Waals surface area contributed by atoms with E-state index in [1.54, 1.807) is 7.11 Å². The molecule has 1 fully saturated rings. The molecule has 0 saturated carbocycles. The van der Waals surface area contributed by atoms with E-state index in [4.69, 9.17) is 9.72 Å². The second-order valence-electron chi connectivity index (χ2n) is 6.29. The van der Waals surface area contributed by atoms with Gasteiger partial charge >= 0.3 is 0 Å². The molecule has 0 amide bonds. The van der Waals surface area contributed by atoms with Crippen molar-refractivity contribution >= 4 is 11.2 Å². The Balaban J connectivity index is 2.06. The number of hydrogen-bond acceptors (Lipinski definition) is 4. The number of rotatable bonds is 5. The molecule has 3 rings (SSSR count). The van der Waals surface area contributed by atoms with Gasteiger partial charge in [0.05, 0.1) is 12.8 Å². The Morgan fingerprint density at radius 3 is 3.00 bits per heavy atom. The summed E-state index contributed by atoms with van der Waals surface area (Å²) in [5.41, 5.74) is 1.99. The summed E-state index contributed by atoms with van der Waals surface area (Å²) >= 11 is 0. The fourth-order valence-electron chi connectivity index (χ4n) is 3.48. The molecule has 1 aliphatic heterocycles. The molecule has 3 heterocycles. The lowest BCUT2D eigenvalue weighted by atomic mass is 10.1. The minimum absolute atomic E-state index is 0.362. The Morgan fingerprint density at radius 2 is 2.23 bits per heavy atom. The van der Waals surface area contributed by atoms with E-state index in [-0.39, 0.29) is 0 Å². The molecular weight excluding hydrogens is 276 g/mol. The molecule has 0 radical (unpaired) electrons. The van der Waals surface area contributed by atoms with Crippen LogP contribution in [0.25, 0.3) is 11.2 Å². The van der Waals surface area contributed by atoms with Gasteiger partial charge in [0, 0.05) is 32.3 Å². The fourth-order valence-corrected chi connectivity index (χ4v) is 3.48. The third-order valence-corrected chi connectivity index (χ3v) is 4.52. The van der Waals surface area contributed by atoms with Crippen molar-refractivity contribution in [2.45, 2.75) is 51.7 Å². The van der Waals surface area contributed by atoms with Gasteiger partial charge in [-0.15, -0.1) is 0 Å². The third kappa shape index (κ3) is 2.88. The number of aromatic nitrogens is 3. The molecule has 5 nitrogen and oxygen atoms in total. The summed E-state index contributed by atoms with van der Waals surface area (Å²) in [6.07, 6.45) is 6.77. The maximum absolute atomic E-state index is 5.27. The van der Waals surface area contributed by atoms with E-state index >= 15 is 0 Å². The molecule has 2 aromatic rings. The van der Waals surface area contributed by atoms with Crippen LogP contribution < -0.4 is 0 Å². The Kier molecular flexibility index (Phi) is 4.74. The number of piperidine rings is 1. The predicted molar refractivity (Wildman–Crippen MR) is 87.8 cm³/mol. The van der Waals surface area contributed by atoms with E-state index in [0.717, 1.165) is 30.0 Å². The first-order valence-corrected chi connectivity index (χ1v) is 8.29. The van der Waals surface area contributed by atoms with Crippen LogP contribution in [-0.2, 0) is 11.2 Å². The zero-order valence-electron chi connectivity index (χ0n) is 13.8. The first-order valence-electron chi connectivity index (χ1n) is 8.29. The van der Waals surface area contributed by atoms with E-state index in [0.29, 0.717) is 18.8 Å². The van der Waals surface area contributed by atoms with Gasteiger partial charge in [-0.3, -0.25) is 9.47 Å². The summed E-state index contributed by atoms with van der Waals surface area (Å²) in [5, 5.41) is 0. The Morgan fingerprint density at radius 1 is 1.36 bits per heavy atom. The topological polar surface area (TPSA) is 43.2 Å². The molecule has 2 aromatic heterocycles. The molecular formula is C17H26N4O. The number of imidazole rings is 1. The molecule has 0 bridgehead atoms. The maximum Gasteiger partial charge on any atom is 0.161 e. The number of methoxy groups -OCH3 is 1. The molecule has 22 heavy (non-hydrogen) atoms. The normalized spacial score (nSPS) is 20.1. The number of ether oxygens (including phenoxy) is 1. The Labute approximate surface area is 132 Å². The van der Waals surface area contributed by atoms with Crippen LogP contribution in [0, 0.1) is 0 Å². The molecule has 1 atom stereocenters. The van der Waals surface area contributed by atoms with Gasteiger partial charge in [-0.25, -0.2) is 9.97 Å². The average Bonchev–Trinajstić information content (AvgIpc) is 2.91. The van der Waals surface area contributed by atoms with E-state index in [9.17, 15) is 0 Å². The van der Waals surface area contributed by atoms with Crippen molar-refractivity contribution in [1.82, 2.24) is 19.4 Å². The van der Waals surface area contributed by atoms with Gasteiger partial charge in [-0.1, -0.05) is 0 Å². The van der Waals surface area contributed by atoms with Gasteiger partial charge in [0.1, 0.15) is 11.3 Å². The van der Waals surface area contributed by atoms with Gasteiger partial charge in [-0.05, 0) is 45.2 Å². The van der Waals surface area contributed by atoms with E-state index < -0.39 is 0 Å². The largest absolute Gasteiger partial charge is 0.384 e. The van der Waals surface area contributed by atoms with Crippen molar-refractivity contribution in [2.24, 2.45) is 0 Å². The predicted octanol–water partition coefficient (Wildman–Crippen LogP) is 3.01. The van der Waals surface area contributed by atoms with Crippen LogP contribution in [0.1, 0.15) is 45.1 Å². The lowest BCUT2D eigenvalue weighted by molar-refractivity contribution is 0.0638. The minimum atomic E-state index is 0.362. The van der Waals surface area contributed by atoms with Crippen LogP contribution in [0.4, 0.5) is 0 Å². The molecule has 1 aliphatic rings. The lowest BCUT2D eigenvalue weighted by Crippen LogP contribution is -2.41. The highest BCUT2D eigenvalue weighted by Crippen LogP contribution is 2.31. The molecule has 0 aliphatic carbocycles. The van der Waals surface area contributed by atoms with E-state index in [2.05, 4.69) is 34.4 Å². The second kappa shape index (κ2) is 6.75. The molecule has 120 valence electrons. The van der Waals surface area contributed by atoms with Crippen molar-refractivity contribution in [1.29, 1.82) is 0 Å². The zero-order chi connectivity index (χ0) is 15.5. The van der Waals surface area contributed by atoms with Gasteiger partial charge in [0.2, 0.25) is 0 Å². The second-order valence-corrected chi connectivity index (χ2v) is 6.29. The summed E-state index contributed by atoms with van der Waals surface area (Å²) in [5.74, 6) is 1.09. The quantitative estimate of drug-likeness (QED) is 0.851. The maximum atomic E-state index is 5.27. The number of hydrogen-bond donors (Lipinski definition) is 0. The van der Waals surface area contributed by atoms with Crippen LogP contribution in [0.15, 0.2) is 18.3 Å². The highest BCUT2D eigenvalue weighted by molar-refractivity contribution is 5.71. The van der Waals surface area contributed by atoms with Crippen molar-refractivity contribution in [2.75, 3.05) is 20.3 Å². The summed E-state index contributed by atoms with van der Waals surface area (Å²) in [6, 6.07) is 4.54. The number of fused-ring (bicyclic) bond motifs is 1. The Bertz CT molecular complexity index is 622. The zero-order valence-corrected chi connectivity index (χ0v) is 13.8. The van der Waals surface area contributed by atoms with Crippen LogP contribution in [0.2, 0.25) is 0 Å². The molecule has 5 heteroatoms. The molecule has 0 spiro atoms. The highest BCUT2D eigenvalue weighted by Gasteiger charge is 2.29. The van der Waals surface area contributed by atoms with Crippen LogP contribution >= 0.6 is 0 Å². The van der Waals surface area contributed by atoms with Gasteiger partial charge in [0.15, 0.2) is 5.65 Å². The summed E-state index contributed by atoms with van der Waals surface area (Å²) < 4.78 is 7.63. The van der Waals surface area contributed by atoms with Crippen molar-refractivity contribution in [3.8, 4) is 0 Å². The third-order valence-electron chi connectivity index (χ3n) is 4.52. The van der Waals surface area contributed by atoms with Crippen molar-refractivity contribution < 1.29 is 4.74 Å². The summed E-state index contributed by atoms with van der Waals surface area (Å²) in [7, 11) is 1.74. The number of likely N-dealkylation sites (tertiary alicyclic amines) is 1. The SMILES string of the molecule is COCCc1nc2cccnc2n1C1CCCCN1C(C)C. The molecule has 1 unspecified atom stereocenters. The van der Waals surface area contributed by atoms with Crippen LogP contribution in [0.3, 0.4) is 0 Å².